The van der Waals surface area contributed by atoms with Gasteiger partial charge in [-0.1, -0.05) is 20.8 Å². The van der Waals surface area contributed by atoms with Crippen LogP contribution in [0, 0.1) is 5.41 Å². The lowest BCUT2D eigenvalue weighted by Crippen LogP contribution is -2.60. The Balaban J connectivity index is 1.86. The molecule has 1 amide bonds. The summed E-state index contributed by atoms with van der Waals surface area (Å²) in [7, 11) is 0. The van der Waals surface area contributed by atoms with Gasteiger partial charge in [0.05, 0.1) is 12.1 Å². The van der Waals surface area contributed by atoms with E-state index in [9.17, 15) is 4.79 Å². The molecule has 2 rings (SSSR count). The van der Waals surface area contributed by atoms with Crippen LogP contribution in [0.25, 0.3) is 0 Å². The molecule has 122 valence electrons. The zero-order valence-electron chi connectivity index (χ0n) is 14.4. The van der Waals surface area contributed by atoms with Crippen LogP contribution in [0.5, 0.6) is 0 Å². The Hall–Kier alpha value is -0.610. The summed E-state index contributed by atoms with van der Waals surface area (Å²) < 4.78 is 5.97. The van der Waals surface area contributed by atoms with Crippen LogP contribution in [0.1, 0.15) is 53.9 Å². The van der Waals surface area contributed by atoms with Crippen molar-refractivity contribution in [2.75, 3.05) is 32.8 Å². The molecule has 0 unspecified atom stereocenters. The fourth-order valence-corrected chi connectivity index (χ4v) is 3.19. The van der Waals surface area contributed by atoms with Gasteiger partial charge in [-0.25, -0.2) is 0 Å². The fourth-order valence-electron chi connectivity index (χ4n) is 3.19. The average molecular weight is 296 g/mol. The molecule has 0 N–H and O–H groups in total. The van der Waals surface area contributed by atoms with Crippen LogP contribution >= 0.6 is 0 Å². The van der Waals surface area contributed by atoms with E-state index in [0.29, 0.717) is 5.41 Å². The van der Waals surface area contributed by atoms with Crippen molar-refractivity contribution < 1.29 is 9.53 Å². The van der Waals surface area contributed by atoms with Crippen LogP contribution in [0.4, 0.5) is 0 Å². The van der Waals surface area contributed by atoms with Crippen molar-refractivity contribution in [2.24, 2.45) is 5.41 Å². The highest BCUT2D eigenvalue weighted by Gasteiger charge is 2.42. The molecular weight excluding hydrogens is 264 g/mol. The van der Waals surface area contributed by atoms with Crippen molar-refractivity contribution >= 4 is 5.91 Å². The number of carbonyl (C=O) groups is 1. The molecule has 21 heavy (non-hydrogen) atoms. The number of carbonyl (C=O) groups excluding carboxylic acids is 1. The molecule has 2 saturated heterocycles. The lowest BCUT2D eigenvalue weighted by atomic mass is 9.87. The van der Waals surface area contributed by atoms with Gasteiger partial charge in [0.2, 0.25) is 5.91 Å². The molecule has 0 aromatic heterocycles. The number of nitrogens with zero attached hydrogens (tertiary/aromatic N) is 2. The van der Waals surface area contributed by atoms with Crippen molar-refractivity contribution in [1.82, 2.24) is 9.80 Å². The van der Waals surface area contributed by atoms with Crippen molar-refractivity contribution in [3.63, 3.8) is 0 Å². The molecule has 4 heteroatoms. The van der Waals surface area contributed by atoms with Gasteiger partial charge in [0.15, 0.2) is 0 Å². The maximum absolute atomic E-state index is 11.9. The molecular formula is C17H32N2O2. The molecule has 0 aliphatic carbocycles. The van der Waals surface area contributed by atoms with Crippen LogP contribution in [-0.2, 0) is 9.53 Å². The van der Waals surface area contributed by atoms with E-state index in [1.165, 1.54) is 13.0 Å². The quantitative estimate of drug-likeness (QED) is 0.802. The van der Waals surface area contributed by atoms with Gasteiger partial charge in [-0.15, -0.1) is 0 Å². The fraction of sp³-hybridized carbons (Fsp3) is 0.941. The first-order chi connectivity index (χ1) is 9.71. The second-order valence-electron chi connectivity index (χ2n) is 8.24. The van der Waals surface area contributed by atoms with Crippen molar-refractivity contribution in [3.05, 3.63) is 0 Å². The lowest BCUT2D eigenvalue weighted by molar-refractivity contribution is -0.174. The molecule has 0 aromatic carbocycles. The summed E-state index contributed by atoms with van der Waals surface area (Å²) in [5.74, 6) is 0.144. The summed E-state index contributed by atoms with van der Waals surface area (Å²) in [6.07, 6.45) is 3.33. The predicted molar refractivity (Wildman–Crippen MR) is 85.3 cm³/mol. The van der Waals surface area contributed by atoms with Gasteiger partial charge in [0.1, 0.15) is 6.61 Å². The van der Waals surface area contributed by atoms with E-state index < -0.39 is 0 Å². The summed E-state index contributed by atoms with van der Waals surface area (Å²) in [6.45, 7) is 15.5. The van der Waals surface area contributed by atoms with E-state index in [1.807, 2.05) is 4.90 Å². The van der Waals surface area contributed by atoms with Crippen LogP contribution in [-0.4, -0.2) is 60.1 Å². The molecule has 2 aliphatic rings. The highest BCUT2D eigenvalue weighted by molar-refractivity contribution is 5.78. The Bertz CT molecular complexity index is 365. The van der Waals surface area contributed by atoms with Crippen LogP contribution < -0.4 is 0 Å². The van der Waals surface area contributed by atoms with E-state index in [-0.39, 0.29) is 24.2 Å². The van der Waals surface area contributed by atoms with Gasteiger partial charge in [-0.05, 0) is 45.1 Å². The largest absolute Gasteiger partial charge is 0.363 e. The molecule has 2 aliphatic heterocycles. The van der Waals surface area contributed by atoms with E-state index in [2.05, 4.69) is 39.5 Å². The summed E-state index contributed by atoms with van der Waals surface area (Å²) in [5.41, 5.74) is 0.313. The van der Waals surface area contributed by atoms with E-state index in [4.69, 9.17) is 4.74 Å². The lowest BCUT2D eigenvalue weighted by Gasteiger charge is -2.48. The van der Waals surface area contributed by atoms with Crippen LogP contribution in [0.15, 0.2) is 0 Å². The minimum Gasteiger partial charge on any atom is -0.363 e. The smallest absolute Gasteiger partial charge is 0.248 e. The molecule has 0 bridgehead atoms. The first-order valence-electron chi connectivity index (χ1n) is 8.37. The Morgan fingerprint density at radius 1 is 1.24 bits per heavy atom. The number of rotatable bonds is 3. The molecule has 1 spiro atoms. The van der Waals surface area contributed by atoms with Gasteiger partial charge in [0, 0.05) is 19.1 Å². The molecule has 0 radical (unpaired) electrons. The van der Waals surface area contributed by atoms with E-state index >= 15 is 0 Å². The minimum atomic E-state index is -0.0869. The van der Waals surface area contributed by atoms with Crippen molar-refractivity contribution in [2.45, 2.75) is 65.5 Å². The second-order valence-corrected chi connectivity index (χ2v) is 8.24. The van der Waals surface area contributed by atoms with Gasteiger partial charge in [-0.2, -0.15) is 0 Å². The molecule has 4 nitrogen and oxygen atoms in total. The molecule has 0 atom stereocenters. The summed E-state index contributed by atoms with van der Waals surface area (Å²) in [6, 6.07) is 0.275. The van der Waals surface area contributed by atoms with Crippen LogP contribution in [0.2, 0.25) is 0 Å². The molecule has 2 fully saturated rings. The standard InChI is InChI=1S/C17H32N2O2/c1-14(2)19-13-17(21-12-15(19)20)7-10-18(11-8-17)9-6-16(3,4)5/h14H,6-13H2,1-5H3. The Labute approximate surface area is 129 Å². The number of hydrogen-bond donors (Lipinski definition) is 0. The zero-order chi connectivity index (χ0) is 15.7. The number of ether oxygens (including phenoxy) is 1. The Kier molecular flexibility index (Phi) is 4.99. The van der Waals surface area contributed by atoms with Crippen molar-refractivity contribution in [3.8, 4) is 0 Å². The van der Waals surface area contributed by atoms with Gasteiger partial charge < -0.3 is 14.5 Å². The van der Waals surface area contributed by atoms with E-state index in [0.717, 1.165) is 32.5 Å². The maximum atomic E-state index is 11.9. The average Bonchev–Trinajstić information content (AvgIpc) is 2.40. The third-order valence-corrected chi connectivity index (χ3v) is 4.85. The Morgan fingerprint density at radius 2 is 1.86 bits per heavy atom. The number of piperidine rings is 1. The number of hydrogen-bond acceptors (Lipinski definition) is 3. The van der Waals surface area contributed by atoms with Gasteiger partial charge >= 0.3 is 0 Å². The minimum absolute atomic E-state index is 0.0869. The summed E-state index contributed by atoms with van der Waals surface area (Å²) >= 11 is 0. The van der Waals surface area contributed by atoms with Gasteiger partial charge in [-0.3, -0.25) is 4.79 Å². The maximum Gasteiger partial charge on any atom is 0.248 e. The number of likely N-dealkylation sites (tertiary alicyclic amines) is 1. The number of amides is 1. The molecule has 2 heterocycles. The second kappa shape index (κ2) is 6.25. The third kappa shape index (κ3) is 4.43. The first-order valence-corrected chi connectivity index (χ1v) is 8.37. The SMILES string of the molecule is CC(C)N1CC2(CCN(CCC(C)(C)C)CC2)OCC1=O. The highest BCUT2D eigenvalue weighted by atomic mass is 16.5. The third-order valence-electron chi connectivity index (χ3n) is 4.85. The zero-order valence-corrected chi connectivity index (χ0v) is 14.4. The highest BCUT2D eigenvalue weighted by Crippen LogP contribution is 2.32. The summed E-state index contributed by atoms with van der Waals surface area (Å²) in [5, 5.41) is 0. The van der Waals surface area contributed by atoms with Crippen LogP contribution in [0.3, 0.4) is 0 Å². The Morgan fingerprint density at radius 3 is 2.38 bits per heavy atom. The monoisotopic (exact) mass is 296 g/mol. The normalized spacial score (nSPS) is 24.1. The van der Waals surface area contributed by atoms with Gasteiger partial charge in [0.25, 0.3) is 0 Å². The predicted octanol–water partition coefficient (Wildman–Crippen LogP) is 2.52. The summed E-state index contributed by atoms with van der Waals surface area (Å²) in [4.78, 5) is 16.5. The molecule has 0 aromatic rings. The van der Waals surface area contributed by atoms with E-state index in [1.54, 1.807) is 0 Å². The topological polar surface area (TPSA) is 32.8 Å². The van der Waals surface area contributed by atoms with Crippen molar-refractivity contribution in [1.29, 1.82) is 0 Å². The molecule has 0 saturated carbocycles. The number of morpholine rings is 1. The first kappa shape index (κ1) is 16.8.